The fraction of sp³-hybridized carbons (Fsp3) is 0.556. The lowest BCUT2D eigenvalue weighted by molar-refractivity contribution is -0.121. The maximum Gasteiger partial charge on any atom is 0.410 e. The van der Waals surface area contributed by atoms with Crippen molar-refractivity contribution in [3.63, 3.8) is 0 Å². The Morgan fingerprint density at radius 3 is 2.44 bits per heavy atom. The molecular weight excluding hydrogens is 327 g/mol. The van der Waals surface area contributed by atoms with Crippen LogP contribution in [0.5, 0.6) is 5.75 Å². The number of anilines is 1. The molecule has 1 aromatic carbocycles. The van der Waals surface area contributed by atoms with Crippen LogP contribution in [0.1, 0.15) is 33.6 Å². The van der Waals surface area contributed by atoms with Gasteiger partial charge in [0.1, 0.15) is 17.2 Å². The second kappa shape index (κ2) is 7.72. The molecule has 0 atom stereocenters. The van der Waals surface area contributed by atoms with Gasteiger partial charge in [0.2, 0.25) is 5.91 Å². The van der Waals surface area contributed by atoms with E-state index in [0.29, 0.717) is 31.6 Å². The van der Waals surface area contributed by atoms with E-state index in [4.69, 9.17) is 9.47 Å². The minimum atomic E-state index is -0.537. The first-order chi connectivity index (χ1) is 11.7. The van der Waals surface area contributed by atoms with Gasteiger partial charge in [0.15, 0.2) is 0 Å². The molecule has 0 bridgehead atoms. The van der Waals surface area contributed by atoms with Crippen molar-refractivity contribution in [2.75, 3.05) is 25.5 Å². The van der Waals surface area contributed by atoms with E-state index in [1.807, 2.05) is 20.8 Å². The van der Waals surface area contributed by atoms with E-state index in [1.165, 1.54) is 25.3 Å². The molecule has 0 spiro atoms. The molecule has 1 saturated heterocycles. The van der Waals surface area contributed by atoms with Gasteiger partial charge in [-0.05, 0) is 45.7 Å². The molecule has 0 aliphatic carbocycles. The van der Waals surface area contributed by atoms with Crippen molar-refractivity contribution >= 4 is 17.7 Å². The highest BCUT2D eigenvalue weighted by Crippen LogP contribution is 2.27. The summed E-state index contributed by atoms with van der Waals surface area (Å²) in [6.45, 7) is 6.39. The van der Waals surface area contributed by atoms with Crippen molar-refractivity contribution in [1.29, 1.82) is 0 Å². The van der Waals surface area contributed by atoms with E-state index < -0.39 is 11.4 Å². The first-order valence-corrected chi connectivity index (χ1v) is 8.32. The summed E-state index contributed by atoms with van der Waals surface area (Å²) in [5.41, 5.74) is -0.103. The number of likely N-dealkylation sites (tertiary alicyclic amines) is 1. The lowest BCUT2D eigenvalue weighted by Gasteiger charge is -2.33. The van der Waals surface area contributed by atoms with E-state index in [0.717, 1.165) is 0 Å². The van der Waals surface area contributed by atoms with Crippen LogP contribution in [0, 0.1) is 11.7 Å². The number of hydrogen-bond donors (Lipinski definition) is 1. The molecule has 1 fully saturated rings. The van der Waals surface area contributed by atoms with Crippen molar-refractivity contribution in [3.05, 3.63) is 24.0 Å². The second-order valence-corrected chi connectivity index (χ2v) is 7.08. The number of halogens is 1. The minimum Gasteiger partial charge on any atom is -0.494 e. The summed E-state index contributed by atoms with van der Waals surface area (Å²) in [5, 5.41) is 2.78. The number of nitrogens with one attached hydrogen (secondary N) is 1. The molecule has 2 amide bonds. The summed E-state index contributed by atoms with van der Waals surface area (Å²) >= 11 is 0. The summed E-state index contributed by atoms with van der Waals surface area (Å²) in [6, 6.07) is 3.96. The smallest absolute Gasteiger partial charge is 0.410 e. The number of piperidine rings is 1. The van der Waals surface area contributed by atoms with Gasteiger partial charge in [0.25, 0.3) is 0 Å². The van der Waals surface area contributed by atoms with Crippen LogP contribution in [0.3, 0.4) is 0 Å². The zero-order valence-electron chi connectivity index (χ0n) is 15.1. The number of amides is 2. The molecule has 1 N–H and O–H groups in total. The van der Waals surface area contributed by atoms with Gasteiger partial charge in [0.05, 0.1) is 12.8 Å². The average molecular weight is 352 g/mol. The number of hydrogen-bond acceptors (Lipinski definition) is 4. The van der Waals surface area contributed by atoms with Crippen LogP contribution in [0.15, 0.2) is 18.2 Å². The Morgan fingerprint density at radius 1 is 1.24 bits per heavy atom. The molecule has 1 aliphatic heterocycles. The quantitative estimate of drug-likeness (QED) is 0.905. The number of rotatable bonds is 3. The maximum absolute atomic E-state index is 13.2. The molecule has 138 valence electrons. The van der Waals surface area contributed by atoms with Crippen LogP contribution in [-0.2, 0) is 9.53 Å². The van der Waals surface area contributed by atoms with E-state index in [9.17, 15) is 14.0 Å². The molecule has 25 heavy (non-hydrogen) atoms. The molecule has 0 saturated carbocycles. The van der Waals surface area contributed by atoms with Gasteiger partial charge in [-0.15, -0.1) is 0 Å². The van der Waals surface area contributed by atoms with E-state index >= 15 is 0 Å². The predicted molar refractivity (Wildman–Crippen MR) is 92.1 cm³/mol. The first kappa shape index (κ1) is 19.0. The van der Waals surface area contributed by atoms with E-state index in [2.05, 4.69) is 5.32 Å². The van der Waals surface area contributed by atoms with Crippen molar-refractivity contribution in [3.8, 4) is 5.75 Å². The largest absolute Gasteiger partial charge is 0.494 e. The fourth-order valence-corrected chi connectivity index (χ4v) is 2.65. The Kier molecular flexibility index (Phi) is 5.87. The highest BCUT2D eigenvalue weighted by atomic mass is 19.1. The van der Waals surface area contributed by atoms with Gasteiger partial charge in [-0.3, -0.25) is 4.79 Å². The third kappa shape index (κ3) is 5.34. The van der Waals surface area contributed by atoms with Crippen LogP contribution in [-0.4, -0.2) is 42.7 Å². The fourth-order valence-electron chi connectivity index (χ4n) is 2.65. The van der Waals surface area contributed by atoms with Crippen molar-refractivity contribution in [1.82, 2.24) is 4.90 Å². The number of nitrogens with zero attached hydrogens (tertiary/aromatic N) is 1. The molecule has 1 heterocycles. The number of carbonyl (C=O) groups is 2. The van der Waals surface area contributed by atoms with Gasteiger partial charge < -0.3 is 19.7 Å². The lowest BCUT2D eigenvalue weighted by Crippen LogP contribution is -2.43. The summed E-state index contributed by atoms with van der Waals surface area (Å²) in [7, 11) is 1.42. The molecule has 6 nitrogen and oxygen atoms in total. The maximum atomic E-state index is 13.2. The average Bonchev–Trinajstić information content (AvgIpc) is 2.55. The van der Waals surface area contributed by atoms with Gasteiger partial charge in [0, 0.05) is 25.1 Å². The van der Waals surface area contributed by atoms with E-state index in [-0.39, 0.29) is 23.7 Å². The topological polar surface area (TPSA) is 67.9 Å². The minimum absolute atomic E-state index is 0.159. The zero-order chi connectivity index (χ0) is 18.6. The molecule has 1 aliphatic rings. The first-order valence-electron chi connectivity index (χ1n) is 8.32. The normalized spacial score (nSPS) is 15.6. The summed E-state index contributed by atoms with van der Waals surface area (Å²) < 4.78 is 23.6. The van der Waals surface area contributed by atoms with Gasteiger partial charge in [-0.25, -0.2) is 9.18 Å². The Labute approximate surface area is 147 Å². The van der Waals surface area contributed by atoms with Gasteiger partial charge in [-0.1, -0.05) is 0 Å². The Balaban J connectivity index is 1.90. The van der Waals surface area contributed by atoms with Crippen LogP contribution in [0.2, 0.25) is 0 Å². The standard InChI is InChI=1S/C18H25FN2O4/c1-18(2,3)25-17(23)21-9-7-12(8-10-21)16(22)20-14-6-5-13(19)11-15(14)24-4/h5-6,11-12H,7-10H2,1-4H3,(H,20,22). The van der Waals surface area contributed by atoms with Crippen LogP contribution in [0.25, 0.3) is 0 Å². The summed E-state index contributed by atoms with van der Waals surface area (Å²) in [6.07, 6.45) is 0.745. The number of ether oxygens (including phenoxy) is 2. The van der Waals surface area contributed by atoms with Gasteiger partial charge >= 0.3 is 6.09 Å². The SMILES string of the molecule is COc1cc(F)ccc1NC(=O)C1CCN(C(=O)OC(C)(C)C)CC1. The summed E-state index contributed by atoms with van der Waals surface area (Å²) in [4.78, 5) is 26.1. The number of methoxy groups -OCH3 is 1. The lowest BCUT2D eigenvalue weighted by atomic mass is 9.96. The van der Waals surface area contributed by atoms with Crippen molar-refractivity contribution in [2.24, 2.45) is 5.92 Å². The third-order valence-electron chi connectivity index (χ3n) is 3.94. The van der Waals surface area contributed by atoms with Crippen LogP contribution in [0.4, 0.5) is 14.9 Å². The van der Waals surface area contributed by atoms with Crippen molar-refractivity contribution < 1.29 is 23.5 Å². The molecule has 1 aromatic rings. The Hall–Kier alpha value is -2.31. The predicted octanol–water partition coefficient (Wildman–Crippen LogP) is 3.42. The molecule has 7 heteroatoms. The summed E-state index contributed by atoms with van der Waals surface area (Å²) in [5.74, 6) is -0.526. The molecular formula is C18H25FN2O4. The molecule has 0 aromatic heterocycles. The monoisotopic (exact) mass is 352 g/mol. The van der Waals surface area contributed by atoms with Crippen LogP contribution < -0.4 is 10.1 Å². The van der Waals surface area contributed by atoms with Gasteiger partial charge in [-0.2, -0.15) is 0 Å². The Morgan fingerprint density at radius 2 is 1.88 bits per heavy atom. The zero-order valence-corrected chi connectivity index (χ0v) is 15.1. The highest BCUT2D eigenvalue weighted by Gasteiger charge is 2.30. The third-order valence-corrected chi connectivity index (χ3v) is 3.94. The number of benzene rings is 1. The van der Waals surface area contributed by atoms with E-state index in [1.54, 1.807) is 4.90 Å². The molecule has 0 radical (unpaired) electrons. The highest BCUT2D eigenvalue weighted by molar-refractivity contribution is 5.94. The van der Waals surface area contributed by atoms with Crippen LogP contribution >= 0.6 is 0 Å². The number of carbonyl (C=O) groups excluding carboxylic acids is 2. The van der Waals surface area contributed by atoms with Crippen molar-refractivity contribution in [2.45, 2.75) is 39.2 Å². The Bertz CT molecular complexity index is 634. The molecule has 2 rings (SSSR count). The second-order valence-electron chi connectivity index (χ2n) is 7.08. The molecule has 0 unspecified atom stereocenters.